The first-order chi connectivity index (χ1) is 9.54. The van der Waals surface area contributed by atoms with Crippen molar-refractivity contribution in [2.75, 3.05) is 13.1 Å². The van der Waals surface area contributed by atoms with Crippen LogP contribution in [0.15, 0.2) is 5.38 Å². The summed E-state index contributed by atoms with van der Waals surface area (Å²) in [7, 11) is 0. The van der Waals surface area contributed by atoms with Gasteiger partial charge in [-0.2, -0.15) is 0 Å². The maximum Gasteiger partial charge on any atom is 0.308 e. The number of amides is 1. The Morgan fingerprint density at radius 2 is 2.20 bits per heavy atom. The van der Waals surface area contributed by atoms with E-state index < -0.39 is 5.97 Å². The van der Waals surface area contributed by atoms with Gasteiger partial charge in [0.1, 0.15) is 0 Å². The number of aromatic nitrogens is 1. The van der Waals surface area contributed by atoms with Gasteiger partial charge < -0.3 is 10.0 Å². The molecule has 2 aliphatic rings. The summed E-state index contributed by atoms with van der Waals surface area (Å²) >= 11 is 1.53. The van der Waals surface area contributed by atoms with Crippen LogP contribution in [0.25, 0.3) is 0 Å². The van der Waals surface area contributed by atoms with E-state index in [9.17, 15) is 14.7 Å². The molecule has 6 heteroatoms. The molecule has 2 fully saturated rings. The van der Waals surface area contributed by atoms with Crippen LogP contribution in [0.1, 0.15) is 23.5 Å². The summed E-state index contributed by atoms with van der Waals surface area (Å²) in [6.07, 6.45) is 2.51. The highest BCUT2D eigenvalue weighted by molar-refractivity contribution is 7.09. The van der Waals surface area contributed by atoms with E-state index in [-0.39, 0.29) is 24.2 Å². The summed E-state index contributed by atoms with van der Waals surface area (Å²) in [5.74, 6) is -0.487. The van der Waals surface area contributed by atoms with E-state index in [0.29, 0.717) is 19.0 Å². The smallest absolute Gasteiger partial charge is 0.308 e. The van der Waals surface area contributed by atoms with Gasteiger partial charge >= 0.3 is 5.97 Å². The fourth-order valence-corrected chi connectivity index (χ4v) is 3.66. The maximum atomic E-state index is 12.3. The number of carbonyl (C=O) groups is 2. The zero-order valence-corrected chi connectivity index (χ0v) is 12.2. The van der Waals surface area contributed by atoms with E-state index in [1.54, 1.807) is 4.90 Å². The van der Waals surface area contributed by atoms with Crippen molar-refractivity contribution in [3.05, 3.63) is 16.1 Å². The Morgan fingerprint density at radius 1 is 1.45 bits per heavy atom. The number of rotatable bonds is 4. The van der Waals surface area contributed by atoms with Crippen LogP contribution >= 0.6 is 11.3 Å². The van der Waals surface area contributed by atoms with Crippen molar-refractivity contribution in [1.82, 2.24) is 9.88 Å². The number of carboxylic acids is 1. The molecule has 2 atom stereocenters. The van der Waals surface area contributed by atoms with E-state index in [1.807, 2.05) is 12.3 Å². The molecule has 1 aromatic heterocycles. The van der Waals surface area contributed by atoms with Gasteiger partial charge in [0, 0.05) is 18.5 Å². The second kappa shape index (κ2) is 5.16. The molecule has 20 heavy (non-hydrogen) atoms. The molecule has 3 rings (SSSR count). The van der Waals surface area contributed by atoms with Crippen molar-refractivity contribution in [2.24, 2.45) is 17.8 Å². The Hall–Kier alpha value is -1.43. The first-order valence-corrected chi connectivity index (χ1v) is 7.84. The summed E-state index contributed by atoms with van der Waals surface area (Å²) in [4.78, 5) is 29.6. The van der Waals surface area contributed by atoms with Crippen LogP contribution in [-0.2, 0) is 16.0 Å². The van der Waals surface area contributed by atoms with Crippen molar-refractivity contribution in [3.8, 4) is 0 Å². The first-order valence-electron chi connectivity index (χ1n) is 6.96. The summed E-state index contributed by atoms with van der Waals surface area (Å²) in [5.41, 5.74) is 0.791. The van der Waals surface area contributed by atoms with Gasteiger partial charge in [-0.25, -0.2) is 4.98 Å². The van der Waals surface area contributed by atoms with Gasteiger partial charge in [0.15, 0.2) is 0 Å². The van der Waals surface area contributed by atoms with E-state index in [4.69, 9.17) is 0 Å². The Bertz CT molecular complexity index is 538. The molecule has 1 aromatic rings. The molecule has 2 heterocycles. The lowest BCUT2D eigenvalue weighted by atomic mass is 9.92. The van der Waals surface area contributed by atoms with Crippen molar-refractivity contribution >= 4 is 23.2 Å². The van der Waals surface area contributed by atoms with Crippen LogP contribution in [0.2, 0.25) is 0 Å². The number of hydrogen-bond acceptors (Lipinski definition) is 4. The third kappa shape index (κ3) is 2.70. The van der Waals surface area contributed by atoms with Gasteiger partial charge in [-0.15, -0.1) is 11.3 Å². The van der Waals surface area contributed by atoms with E-state index >= 15 is 0 Å². The second-order valence-electron chi connectivity index (χ2n) is 5.78. The molecule has 5 nitrogen and oxygen atoms in total. The molecule has 108 valence electrons. The van der Waals surface area contributed by atoms with Crippen molar-refractivity contribution in [3.63, 3.8) is 0 Å². The third-order valence-electron chi connectivity index (χ3n) is 4.26. The summed E-state index contributed by atoms with van der Waals surface area (Å²) in [6.45, 7) is 2.88. The Morgan fingerprint density at radius 3 is 2.75 bits per heavy atom. The molecule has 1 N–H and O–H groups in total. The van der Waals surface area contributed by atoms with Crippen LogP contribution in [-0.4, -0.2) is 40.0 Å². The van der Waals surface area contributed by atoms with E-state index in [2.05, 4.69) is 4.98 Å². The number of thiazole rings is 1. The zero-order chi connectivity index (χ0) is 14.3. The standard InChI is InChI=1S/C14H18N2O3S/c1-8-15-10(7-20-8)4-13(17)16-5-11(9-2-3-9)12(6-16)14(18)19/h7,9,11-12H,2-6H2,1H3,(H,18,19)/t11-,12+/m1/s1. The largest absolute Gasteiger partial charge is 0.481 e. The molecular formula is C14H18N2O3S. The van der Waals surface area contributed by atoms with Crippen LogP contribution in [0, 0.1) is 24.7 Å². The lowest BCUT2D eigenvalue weighted by Gasteiger charge is -2.15. The molecule has 0 radical (unpaired) electrons. The average molecular weight is 294 g/mol. The number of hydrogen-bond donors (Lipinski definition) is 1. The molecule has 0 spiro atoms. The van der Waals surface area contributed by atoms with Crippen LogP contribution in [0.5, 0.6) is 0 Å². The minimum atomic E-state index is -0.762. The lowest BCUT2D eigenvalue weighted by molar-refractivity contribution is -0.142. The van der Waals surface area contributed by atoms with Gasteiger partial charge in [0.25, 0.3) is 0 Å². The fourth-order valence-electron chi connectivity index (χ4n) is 3.05. The summed E-state index contributed by atoms with van der Waals surface area (Å²) in [5, 5.41) is 12.2. The maximum absolute atomic E-state index is 12.3. The Balaban J connectivity index is 1.65. The molecule has 1 amide bonds. The number of carbonyl (C=O) groups excluding carboxylic acids is 1. The molecule has 0 unspecified atom stereocenters. The predicted octanol–water partition coefficient (Wildman–Crippen LogP) is 1.56. The monoisotopic (exact) mass is 294 g/mol. The molecule has 0 aromatic carbocycles. The number of aliphatic carboxylic acids is 1. The number of nitrogens with zero attached hydrogens (tertiary/aromatic N) is 2. The topological polar surface area (TPSA) is 70.5 Å². The van der Waals surface area contributed by atoms with Gasteiger partial charge in [-0.05, 0) is 31.6 Å². The van der Waals surface area contributed by atoms with Crippen molar-refractivity contribution < 1.29 is 14.7 Å². The quantitative estimate of drug-likeness (QED) is 0.915. The zero-order valence-electron chi connectivity index (χ0n) is 11.4. The molecule has 0 bridgehead atoms. The highest BCUT2D eigenvalue weighted by atomic mass is 32.1. The Kier molecular flexibility index (Phi) is 3.50. The summed E-state index contributed by atoms with van der Waals surface area (Å²) < 4.78 is 0. The van der Waals surface area contributed by atoms with Crippen LogP contribution in [0.3, 0.4) is 0 Å². The number of likely N-dealkylation sites (tertiary alicyclic amines) is 1. The minimum Gasteiger partial charge on any atom is -0.481 e. The number of aryl methyl sites for hydroxylation is 1. The molecule has 1 aliphatic heterocycles. The van der Waals surface area contributed by atoms with Gasteiger partial charge in [0.05, 0.1) is 23.0 Å². The minimum absolute atomic E-state index is 0.00435. The van der Waals surface area contributed by atoms with Crippen molar-refractivity contribution in [1.29, 1.82) is 0 Å². The van der Waals surface area contributed by atoms with E-state index in [1.165, 1.54) is 11.3 Å². The van der Waals surface area contributed by atoms with Gasteiger partial charge in [-0.1, -0.05) is 0 Å². The SMILES string of the molecule is Cc1nc(CC(=O)N2C[C@H](C(=O)O)[C@@H](C3CC3)C2)cs1. The average Bonchev–Trinajstić information content (AvgIpc) is 3.00. The third-order valence-corrected chi connectivity index (χ3v) is 5.08. The summed E-state index contributed by atoms with van der Waals surface area (Å²) in [6, 6.07) is 0. The molecular weight excluding hydrogens is 276 g/mol. The van der Waals surface area contributed by atoms with Crippen molar-refractivity contribution in [2.45, 2.75) is 26.2 Å². The highest BCUT2D eigenvalue weighted by Gasteiger charge is 2.46. The Labute approximate surface area is 121 Å². The predicted molar refractivity (Wildman–Crippen MR) is 74.5 cm³/mol. The highest BCUT2D eigenvalue weighted by Crippen LogP contribution is 2.44. The van der Waals surface area contributed by atoms with Gasteiger partial charge in [0.2, 0.25) is 5.91 Å². The lowest BCUT2D eigenvalue weighted by Crippen LogP contribution is -2.31. The molecule has 1 saturated heterocycles. The first kappa shape index (κ1) is 13.5. The van der Waals surface area contributed by atoms with Crippen LogP contribution < -0.4 is 0 Å². The normalized spacial score (nSPS) is 25.9. The second-order valence-corrected chi connectivity index (χ2v) is 6.84. The van der Waals surface area contributed by atoms with E-state index in [0.717, 1.165) is 23.5 Å². The molecule has 1 aliphatic carbocycles. The van der Waals surface area contributed by atoms with Crippen LogP contribution in [0.4, 0.5) is 0 Å². The van der Waals surface area contributed by atoms with Gasteiger partial charge in [-0.3, -0.25) is 9.59 Å². The molecule has 1 saturated carbocycles. The number of carboxylic acid groups (broad SMARTS) is 1. The fraction of sp³-hybridized carbons (Fsp3) is 0.643.